The molecule has 2 aromatic rings. The number of hydrogen-bond donors (Lipinski definition) is 1. The van der Waals surface area contributed by atoms with Crippen molar-refractivity contribution in [2.75, 3.05) is 0 Å². The number of rotatable bonds is 2. The molecule has 0 spiro atoms. The number of nitrogens with zero attached hydrogens (tertiary/aromatic N) is 1. The van der Waals surface area contributed by atoms with Gasteiger partial charge in [0.15, 0.2) is 0 Å². The lowest BCUT2D eigenvalue weighted by Crippen LogP contribution is -2.46. The van der Waals surface area contributed by atoms with Crippen LogP contribution in [0.25, 0.3) is 11.8 Å². The van der Waals surface area contributed by atoms with Crippen molar-refractivity contribution in [3.05, 3.63) is 64.8 Å². The zero-order valence-corrected chi connectivity index (χ0v) is 12.7. The van der Waals surface area contributed by atoms with E-state index < -0.39 is 0 Å². The van der Waals surface area contributed by atoms with Gasteiger partial charge in [0.2, 0.25) is 0 Å². The van der Waals surface area contributed by atoms with Crippen molar-refractivity contribution in [2.45, 2.75) is 31.4 Å². The van der Waals surface area contributed by atoms with Crippen molar-refractivity contribution < 1.29 is 9.53 Å². The third-order valence-corrected chi connectivity index (χ3v) is 4.58. The first-order valence-electron chi connectivity index (χ1n) is 7.96. The fourth-order valence-corrected chi connectivity index (χ4v) is 3.41. The molecule has 1 aliphatic heterocycles. The number of carbonyl (C=O) groups excluding carboxylic acids is 1. The molecule has 4 nitrogen and oxygen atoms in total. The molecule has 2 heterocycles. The number of esters is 1. The lowest BCUT2D eigenvalue weighted by molar-refractivity contribution is 0.0263. The molecule has 4 heteroatoms. The Morgan fingerprint density at radius 2 is 1.96 bits per heavy atom. The zero-order chi connectivity index (χ0) is 15.6. The van der Waals surface area contributed by atoms with Gasteiger partial charge in [-0.05, 0) is 41.0 Å². The van der Waals surface area contributed by atoms with Crippen molar-refractivity contribution >= 4 is 17.7 Å². The van der Waals surface area contributed by atoms with E-state index >= 15 is 0 Å². The van der Waals surface area contributed by atoms with Crippen LogP contribution in [0.15, 0.2) is 48.8 Å². The second-order valence-corrected chi connectivity index (χ2v) is 6.02. The Morgan fingerprint density at radius 1 is 1.13 bits per heavy atom. The Morgan fingerprint density at radius 3 is 2.83 bits per heavy atom. The lowest BCUT2D eigenvalue weighted by atomic mass is 9.85. The molecule has 23 heavy (non-hydrogen) atoms. The molecule has 0 amide bonds. The summed E-state index contributed by atoms with van der Waals surface area (Å²) in [6, 6.07) is 12.1. The molecule has 1 aromatic heterocycles. The number of fused-ring (bicyclic) bond motifs is 2. The normalized spacial score (nSPS) is 22.2. The number of carbonyl (C=O) groups is 1. The van der Waals surface area contributed by atoms with Crippen molar-refractivity contribution in [3.63, 3.8) is 0 Å². The van der Waals surface area contributed by atoms with Gasteiger partial charge in [0, 0.05) is 31.1 Å². The Bertz CT molecular complexity index is 845. The van der Waals surface area contributed by atoms with E-state index in [0.29, 0.717) is 11.6 Å². The van der Waals surface area contributed by atoms with Gasteiger partial charge < -0.3 is 10.1 Å². The van der Waals surface area contributed by atoms with Gasteiger partial charge in [-0.25, -0.2) is 4.79 Å². The van der Waals surface area contributed by atoms with Gasteiger partial charge in [0.25, 0.3) is 0 Å². The summed E-state index contributed by atoms with van der Waals surface area (Å²) in [5.74, 6) is -0.264. The summed E-state index contributed by atoms with van der Waals surface area (Å²) in [7, 11) is 0. The maximum atomic E-state index is 12.2. The highest BCUT2D eigenvalue weighted by molar-refractivity contribution is 5.89. The Hall–Kier alpha value is -2.62. The summed E-state index contributed by atoms with van der Waals surface area (Å²) in [6.45, 7) is 0. The number of aromatic nitrogens is 1. The monoisotopic (exact) mass is 306 g/mol. The molecule has 2 atom stereocenters. The Kier molecular flexibility index (Phi) is 3.58. The smallest absolute Gasteiger partial charge is 0.338 e. The van der Waals surface area contributed by atoms with E-state index in [1.54, 1.807) is 24.5 Å². The van der Waals surface area contributed by atoms with Gasteiger partial charge in [0.1, 0.15) is 6.10 Å². The van der Waals surface area contributed by atoms with Crippen LogP contribution in [0.1, 0.15) is 29.6 Å². The van der Waals surface area contributed by atoms with Crippen molar-refractivity contribution in [3.8, 4) is 0 Å². The van der Waals surface area contributed by atoms with E-state index in [1.165, 1.54) is 16.0 Å². The van der Waals surface area contributed by atoms with Gasteiger partial charge in [-0.2, -0.15) is 0 Å². The standard InChI is InChI=1S/C19H18N2O2/c22-19(13-7-9-20-10-8-13)23-15-5-6-18-17(11-15)16-4-2-1-3-14(16)12-21-18/h1-4,7-10,12,15,18,21H,5-6,11H2. The van der Waals surface area contributed by atoms with Crippen molar-refractivity contribution in [2.24, 2.45) is 0 Å². The highest BCUT2D eigenvalue weighted by Crippen LogP contribution is 2.27. The molecule has 1 saturated carbocycles. The van der Waals surface area contributed by atoms with Crippen LogP contribution in [0.2, 0.25) is 0 Å². The molecule has 0 saturated heterocycles. The van der Waals surface area contributed by atoms with Crippen LogP contribution in [-0.4, -0.2) is 23.1 Å². The van der Waals surface area contributed by atoms with E-state index in [4.69, 9.17) is 4.74 Å². The van der Waals surface area contributed by atoms with Crippen LogP contribution < -0.4 is 15.8 Å². The second-order valence-electron chi connectivity index (χ2n) is 6.02. The van der Waals surface area contributed by atoms with E-state index in [2.05, 4.69) is 34.7 Å². The summed E-state index contributed by atoms with van der Waals surface area (Å²) in [4.78, 5) is 16.2. The van der Waals surface area contributed by atoms with Crippen molar-refractivity contribution in [1.82, 2.24) is 10.3 Å². The van der Waals surface area contributed by atoms with Gasteiger partial charge in [-0.3, -0.25) is 4.98 Å². The maximum absolute atomic E-state index is 12.2. The molecule has 1 aliphatic carbocycles. The summed E-state index contributed by atoms with van der Waals surface area (Å²) >= 11 is 0. The molecule has 1 fully saturated rings. The van der Waals surface area contributed by atoms with Crippen molar-refractivity contribution in [1.29, 1.82) is 0 Å². The third-order valence-electron chi connectivity index (χ3n) is 4.58. The third kappa shape index (κ3) is 2.72. The van der Waals surface area contributed by atoms with Gasteiger partial charge in [-0.15, -0.1) is 0 Å². The first kappa shape index (κ1) is 14.0. The average molecular weight is 306 g/mol. The fraction of sp³-hybridized carbons (Fsp3) is 0.263. The van der Waals surface area contributed by atoms with E-state index in [9.17, 15) is 4.79 Å². The van der Waals surface area contributed by atoms with Crippen LogP contribution in [0.5, 0.6) is 0 Å². The van der Waals surface area contributed by atoms with E-state index in [-0.39, 0.29) is 12.1 Å². The Balaban J connectivity index is 1.58. The van der Waals surface area contributed by atoms with Crippen LogP contribution in [0.4, 0.5) is 0 Å². The first-order chi connectivity index (χ1) is 11.3. The van der Waals surface area contributed by atoms with Gasteiger partial charge in [0.05, 0.1) is 5.56 Å². The highest BCUT2D eigenvalue weighted by Gasteiger charge is 2.29. The molecule has 0 radical (unpaired) electrons. The van der Waals surface area contributed by atoms with E-state index in [1.807, 2.05) is 6.07 Å². The molecule has 1 N–H and O–H groups in total. The molecule has 2 unspecified atom stereocenters. The zero-order valence-electron chi connectivity index (χ0n) is 12.7. The summed E-state index contributed by atoms with van der Waals surface area (Å²) in [5.41, 5.74) is 1.91. The van der Waals surface area contributed by atoms with Crippen LogP contribution in [-0.2, 0) is 4.74 Å². The van der Waals surface area contributed by atoms with Crippen LogP contribution in [0.3, 0.4) is 0 Å². The first-order valence-corrected chi connectivity index (χ1v) is 7.96. The summed E-state index contributed by atoms with van der Waals surface area (Å²) in [5, 5.41) is 5.96. The molecular weight excluding hydrogens is 288 g/mol. The predicted octanol–water partition coefficient (Wildman–Crippen LogP) is 1.35. The minimum Gasteiger partial charge on any atom is -0.458 e. The molecule has 116 valence electrons. The van der Waals surface area contributed by atoms with E-state index in [0.717, 1.165) is 19.3 Å². The number of pyridine rings is 1. The largest absolute Gasteiger partial charge is 0.458 e. The number of benzene rings is 1. The summed E-state index contributed by atoms with van der Waals surface area (Å²) < 4.78 is 5.72. The quantitative estimate of drug-likeness (QED) is 0.851. The van der Waals surface area contributed by atoms with Gasteiger partial charge in [-0.1, -0.05) is 24.3 Å². The maximum Gasteiger partial charge on any atom is 0.338 e. The topological polar surface area (TPSA) is 51.2 Å². The number of nitrogens with one attached hydrogen (secondary N) is 1. The number of hydrogen-bond acceptors (Lipinski definition) is 4. The number of ether oxygens (including phenoxy) is 1. The second kappa shape index (κ2) is 5.88. The molecular formula is C19H18N2O2. The SMILES string of the molecule is O=C(OC1CCC2NC=c3ccccc3=C2C1)c1ccncc1. The fourth-order valence-electron chi connectivity index (χ4n) is 3.41. The average Bonchev–Trinajstić information content (AvgIpc) is 2.62. The molecule has 2 aliphatic rings. The molecule has 1 aromatic carbocycles. The minimum absolute atomic E-state index is 0.0603. The summed E-state index contributed by atoms with van der Waals surface area (Å²) in [6.07, 6.45) is 7.91. The van der Waals surface area contributed by atoms with Crippen LogP contribution in [0, 0.1) is 0 Å². The van der Waals surface area contributed by atoms with Crippen LogP contribution >= 0.6 is 0 Å². The lowest BCUT2D eigenvalue weighted by Gasteiger charge is -2.33. The minimum atomic E-state index is -0.264. The highest BCUT2D eigenvalue weighted by atomic mass is 16.5. The molecule has 4 rings (SSSR count). The predicted molar refractivity (Wildman–Crippen MR) is 87.8 cm³/mol. The Labute approximate surface area is 134 Å². The molecule has 0 bridgehead atoms. The van der Waals surface area contributed by atoms with Gasteiger partial charge >= 0.3 is 5.97 Å².